The van der Waals surface area contributed by atoms with Crippen molar-refractivity contribution in [1.82, 2.24) is 10.2 Å². The number of anilines is 1. The largest absolute Gasteiger partial charge is 0.493 e. The summed E-state index contributed by atoms with van der Waals surface area (Å²) in [4.78, 5) is 2.47. The van der Waals surface area contributed by atoms with E-state index in [9.17, 15) is 0 Å². The Balaban J connectivity index is 1.81. The van der Waals surface area contributed by atoms with Crippen molar-refractivity contribution in [2.75, 3.05) is 32.2 Å². The van der Waals surface area contributed by atoms with Crippen LogP contribution in [-0.2, 0) is 0 Å². The van der Waals surface area contributed by atoms with Crippen LogP contribution in [0, 0.1) is 0 Å². The highest BCUT2D eigenvalue weighted by molar-refractivity contribution is 5.96. The molecule has 0 bridgehead atoms. The molecule has 4 rings (SSSR count). The van der Waals surface area contributed by atoms with E-state index in [4.69, 9.17) is 9.47 Å². The first-order chi connectivity index (χ1) is 12.8. The maximum absolute atomic E-state index is 5.47. The van der Waals surface area contributed by atoms with Gasteiger partial charge in [0.05, 0.1) is 25.9 Å². The van der Waals surface area contributed by atoms with Crippen LogP contribution in [0.1, 0.15) is 19.3 Å². The van der Waals surface area contributed by atoms with Gasteiger partial charge >= 0.3 is 0 Å². The third-order valence-corrected chi connectivity index (χ3v) is 5.02. The third-order valence-electron chi connectivity index (χ3n) is 5.02. The number of piperidine rings is 1. The molecule has 134 valence electrons. The monoisotopic (exact) mass is 349 g/mol. The molecular formula is C21H23N3O2. The number of ether oxygens (including phenoxy) is 2. The Bertz CT molecular complexity index is 920. The lowest BCUT2D eigenvalue weighted by Gasteiger charge is -2.29. The molecule has 1 fully saturated rings. The average Bonchev–Trinajstić information content (AvgIpc) is 2.73. The summed E-state index contributed by atoms with van der Waals surface area (Å²) in [5, 5.41) is 9.48. The molecule has 0 aliphatic carbocycles. The van der Waals surface area contributed by atoms with E-state index >= 15 is 0 Å². The van der Waals surface area contributed by atoms with Crippen molar-refractivity contribution in [1.29, 1.82) is 0 Å². The Morgan fingerprint density at radius 3 is 2.46 bits per heavy atom. The summed E-state index contributed by atoms with van der Waals surface area (Å²) >= 11 is 0. The molecule has 1 aromatic heterocycles. The zero-order valence-electron chi connectivity index (χ0n) is 15.2. The molecule has 2 aromatic carbocycles. The first-order valence-electron chi connectivity index (χ1n) is 9.03. The highest BCUT2D eigenvalue weighted by Crippen LogP contribution is 2.36. The van der Waals surface area contributed by atoms with Crippen molar-refractivity contribution in [2.24, 2.45) is 0 Å². The van der Waals surface area contributed by atoms with E-state index in [0.29, 0.717) is 11.5 Å². The summed E-state index contributed by atoms with van der Waals surface area (Å²) in [5.41, 5.74) is 4.26. The van der Waals surface area contributed by atoms with Gasteiger partial charge in [-0.2, -0.15) is 10.2 Å². The SMILES string of the molecule is COc1cc2nncc(-c3cccc(N4CCCCC4)c3)c2cc1OC. The fourth-order valence-corrected chi connectivity index (χ4v) is 3.64. The van der Waals surface area contributed by atoms with Gasteiger partial charge in [0.2, 0.25) is 0 Å². The number of methoxy groups -OCH3 is 2. The van der Waals surface area contributed by atoms with Crippen LogP contribution in [0.2, 0.25) is 0 Å². The summed E-state index contributed by atoms with van der Waals surface area (Å²) in [6.45, 7) is 2.26. The summed E-state index contributed by atoms with van der Waals surface area (Å²) in [6.07, 6.45) is 5.68. The highest BCUT2D eigenvalue weighted by Gasteiger charge is 2.14. The lowest BCUT2D eigenvalue weighted by Crippen LogP contribution is -2.29. The second-order valence-electron chi connectivity index (χ2n) is 6.58. The number of hydrogen-bond donors (Lipinski definition) is 0. The van der Waals surface area contributed by atoms with Crippen molar-refractivity contribution in [3.05, 3.63) is 42.6 Å². The lowest BCUT2D eigenvalue weighted by molar-refractivity contribution is 0.356. The lowest BCUT2D eigenvalue weighted by atomic mass is 10.0. The first kappa shape index (κ1) is 16.6. The topological polar surface area (TPSA) is 47.5 Å². The Morgan fingerprint density at radius 1 is 0.923 bits per heavy atom. The minimum absolute atomic E-state index is 0.661. The Hall–Kier alpha value is -2.82. The van der Waals surface area contributed by atoms with Crippen LogP contribution in [0.3, 0.4) is 0 Å². The second kappa shape index (κ2) is 7.20. The number of hydrogen-bond acceptors (Lipinski definition) is 5. The van der Waals surface area contributed by atoms with E-state index in [1.807, 2.05) is 18.3 Å². The second-order valence-corrected chi connectivity index (χ2v) is 6.58. The molecule has 3 aromatic rings. The minimum atomic E-state index is 0.661. The van der Waals surface area contributed by atoms with Gasteiger partial charge in [0.25, 0.3) is 0 Å². The maximum atomic E-state index is 5.47. The van der Waals surface area contributed by atoms with Crippen molar-refractivity contribution < 1.29 is 9.47 Å². The predicted molar refractivity (Wildman–Crippen MR) is 104 cm³/mol. The quantitative estimate of drug-likeness (QED) is 0.703. The van der Waals surface area contributed by atoms with Crippen molar-refractivity contribution in [3.8, 4) is 22.6 Å². The van der Waals surface area contributed by atoms with E-state index in [-0.39, 0.29) is 0 Å². The molecule has 5 nitrogen and oxygen atoms in total. The molecular weight excluding hydrogens is 326 g/mol. The highest BCUT2D eigenvalue weighted by atomic mass is 16.5. The van der Waals surface area contributed by atoms with Crippen LogP contribution < -0.4 is 14.4 Å². The number of nitrogens with zero attached hydrogens (tertiary/aromatic N) is 3. The third kappa shape index (κ3) is 3.05. The molecule has 1 saturated heterocycles. The van der Waals surface area contributed by atoms with Gasteiger partial charge in [0.15, 0.2) is 11.5 Å². The molecule has 0 saturated carbocycles. The summed E-state index contributed by atoms with van der Waals surface area (Å²) < 4.78 is 10.9. The first-order valence-corrected chi connectivity index (χ1v) is 9.03. The van der Waals surface area contributed by atoms with Crippen molar-refractivity contribution >= 4 is 16.6 Å². The minimum Gasteiger partial charge on any atom is -0.493 e. The van der Waals surface area contributed by atoms with Gasteiger partial charge in [0.1, 0.15) is 0 Å². The molecule has 1 aliphatic rings. The van der Waals surface area contributed by atoms with Crippen LogP contribution >= 0.6 is 0 Å². The smallest absolute Gasteiger partial charge is 0.162 e. The molecule has 0 N–H and O–H groups in total. The zero-order valence-corrected chi connectivity index (χ0v) is 15.2. The van der Waals surface area contributed by atoms with Crippen LogP contribution in [0.15, 0.2) is 42.6 Å². The Labute approximate surface area is 153 Å². The molecule has 0 spiro atoms. The summed E-state index contributed by atoms with van der Waals surface area (Å²) in [5.74, 6) is 1.36. The summed E-state index contributed by atoms with van der Waals surface area (Å²) in [6, 6.07) is 12.5. The van der Waals surface area contributed by atoms with Crippen LogP contribution in [0.5, 0.6) is 11.5 Å². The maximum Gasteiger partial charge on any atom is 0.162 e. The molecule has 5 heteroatoms. The fraction of sp³-hybridized carbons (Fsp3) is 0.333. The van der Waals surface area contributed by atoms with Gasteiger partial charge in [-0.25, -0.2) is 0 Å². The number of benzene rings is 2. The normalized spacial score (nSPS) is 14.5. The van der Waals surface area contributed by atoms with Gasteiger partial charge in [-0.3, -0.25) is 0 Å². The zero-order chi connectivity index (χ0) is 17.9. The Morgan fingerprint density at radius 2 is 1.69 bits per heavy atom. The van der Waals surface area contributed by atoms with Gasteiger partial charge < -0.3 is 14.4 Å². The van der Waals surface area contributed by atoms with Crippen LogP contribution in [0.4, 0.5) is 5.69 Å². The van der Waals surface area contributed by atoms with Gasteiger partial charge in [-0.15, -0.1) is 0 Å². The number of aromatic nitrogens is 2. The Kier molecular flexibility index (Phi) is 4.61. The van der Waals surface area contributed by atoms with Crippen molar-refractivity contribution in [2.45, 2.75) is 19.3 Å². The van der Waals surface area contributed by atoms with Gasteiger partial charge in [-0.05, 0) is 43.0 Å². The molecule has 1 aliphatic heterocycles. The van der Waals surface area contributed by atoms with Gasteiger partial charge in [-0.1, -0.05) is 12.1 Å². The molecule has 2 heterocycles. The number of fused-ring (bicyclic) bond motifs is 1. The standard InChI is InChI=1S/C21H23N3O2/c1-25-20-12-17-18(14-22-23-19(17)13-21(20)26-2)15-7-6-8-16(11-15)24-9-4-3-5-10-24/h6-8,11-14H,3-5,9-10H2,1-2H3. The summed E-state index contributed by atoms with van der Waals surface area (Å²) in [7, 11) is 3.28. The average molecular weight is 349 g/mol. The molecule has 0 atom stereocenters. The molecule has 26 heavy (non-hydrogen) atoms. The van der Waals surface area contributed by atoms with Crippen LogP contribution in [0.25, 0.3) is 22.0 Å². The van der Waals surface area contributed by atoms with E-state index in [0.717, 1.165) is 35.1 Å². The number of rotatable bonds is 4. The molecule has 0 radical (unpaired) electrons. The van der Waals surface area contributed by atoms with Gasteiger partial charge in [0, 0.05) is 35.8 Å². The molecule has 0 unspecified atom stereocenters. The molecule has 0 amide bonds. The van der Waals surface area contributed by atoms with E-state index < -0.39 is 0 Å². The predicted octanol–water partition coefficient (Wildman–Crippen LogP) is 4.30. The van der Waals surface area contributed by atoms with E-state index in [1.165, 1.54) is 24.9 Å². The van der Waals surface area contributed by atoms with E-state index in [2.05, 4.69) is 39.4 Å². The van der Waals surface area contributed by atoms with Crippen molar-refractivity contribution in [3.63, 3.8) is 0 Å². The fourth-order valence-electron chi connectivity index (χ4n) is 3.64. The van der Waals surface area contributed by atoms with E-state index in [1.54, 1.807) is 14.2 Å². The van der Waals surface area contributed by atoms with Crippen LogP contribution in [-0.4, -0.2) is 37.5 Å².